The first-order valence-corrected chi connectivity index (χ1v) is 8.15. The maximum atomic E-state index is 12.4. The quantitative estimate of drug-likeness (QED) is 0.481. The van der Waals surface area contributed by atoms with Gasteiger partial charge in [0.25, 0.3) is 5.91 Å². The molecule has 2 unspecified atom stereocenters. The zero-order valence-corrected chi connectivity index (χ0v) is 15.8. The summed E-state index contributed by atoms with van der Waals surface area (Å²) in [7, 11) is 2.68. The second-order valence-corrected chi connectivity index (χ2v) is 6.25. The molecule has 0 aliphatic heterocycles. The monoisotopic (exact) mass is 372 g/mol. The lowest BCUT2D eigenvalue weighted by Crippen LogP contribution is -2.59. The lowest BCUT2D eigenvalue weighted by atomic mass is 9.95. The van der Waals surface area contributed by atoms with Crippen LogP contribution in [0.3, 0.4) is 0 Å². The van der Waals surface area contributed by atoms with Crippen LogP contribution in [0.15, 0.2) is 24.3 Å². The molecule has 1 aromatic rings. The van der Waals surface area contributed by atoms with Gasteiger partial charge in [0.2, 0.25) is 0 Å². The summed E-state index contributed by atoms with van der Waals surface area (Å²) in [6.07, 6.45) is -0.570. The van der Waals surface area contributed by atoms with E-state index in [1.54, 1.807) is 38.1 Å². The highest BCUT2D eigenvalue weighted by molar-refractivity contribution is 5.97. The van der Waals surface area contributed by atoms with E-state index in [-0.39, 0.29) is 6.61 Å². The van der Waals surface area contributed by atoms with E-state index < -0.39 is 29.6 Å². The number of esters is 1. The molecule has 1 amide bonds. The van der Waals surface area contributed by atoms with Gasteiger partial charge in [0.1, 0.15) is 12.1 Å². The highest BCUT2D eigenvalue weighted by Crippen LogP contribution is 2.10. The van der Waals surface area contributed by atoms with Gasteiger partial charge in [-0.05, 0) is 50.0 Å². The first-order chi connectivity index (χ1) is 12.7. The number of aliphatic hydroxyl groups excluding tert-OH is 1. The van der Waals surface area contributed by atoms with Crippen LogP contribution in [0.25, 0.3) is 0 Å². The number of hydrogen-bond donors (Lipinski definition) is 3. The topological polar surface area (TPSA) is 111 Å². The lowest BCUT2D eigenvalue weighted by molar-refractivity contribution is -0.144. The first-order valence-electron chi connectivity index (χ1n) is 8.15. The molecule has 0 fully saturated rings. The van der Waals surface area contributed by atoms with E-state index in [1.807, 2.05) is 0 Å². The Kier molecular flexibility index (Phi) is 8.50. The van der Waals surface area contributed by atoms with Gasteiger partial charge in [0, 0.05) is 23.8 Å². The Bertz CT molecular complexity index is 769. The Morgan fingerprint density at radius 2 is 1.85 bits per heavy atom. The molecule has 2 atom stereocenters. The summed E-state index contributed by atoms with van der Waals surface area (Å²) in [5, 5.41) is 11.5. The van der Waals surface area contributed by atoms with Gasteiger partial charge in [-0.25, -0.2) is 4.79 Å². The molecule has 0 aliphatic rings. The summed E-state index contributed by atoms with van der Waals surface area (Å²) in [6, 6.07) is 5.49. The van der Waals surface area contributed by atoms with Crippen molar-refractivity contribution in [2.75, 3.05) is 20.8 Å². The zero-order valence-electron chi connectivity index (χ0n) is 15.8. The van der Waals surface area contributed by atoms with Gasteiger partial charge in [-0.1, -0.05) is 11.8 Å². The summed E-state index contributed by atoms with van der Waals surface area (Å²) in [5.74, 6) is 9.65. The van der Waals surface area contributed by atoms with Gasteiger partial charge in [-0.15, -0.1) is 0 Å². The molecule has 0 aliphatic carbocycles. The second-order valence-electron chi connectivity index (χ2n) is 6.25. The van der Waals surface area contributed by atoms with Crippen LogP contribution < -0.4 is 11.1 Å². The third-order valence-electron chi connectivity index (χ3n) is 3.56. The second kappa shape index (κ2) is 10.3. The Labute approximate surface area is 159 Å². The number of nitrogens with two attached hydrogens (primary N) is 1. The summed E-state index contributed by atoms with van der Waals surface area (Å²) in [5.41, 5.74) is 5.97. The predicted molar refractivity (Wildman–Crippen MR) is 101 cm³/mol. The fraction of sp³-hybridized carbons (Fsp3) is 0.400. The maximum Gasteiger partial charge on any atom is 0.330 e. The van der Waals surface area contributed by atoms with E-state index in [4.69, 9.17) is 20.3 Å². The molecular weight excluding hydrogens is 348 g/mol. The molecule has 27 heavy (non-hydrogen) atoms. The number of rotatable bonds is 6. The molecule has 0 saturated carbocycles. The van der Waals surface area contributed by atoms with Gasteiger partial charge in [-0.2, -0.15) is 0 Å². The number of carbonyl (C=O) groups is 2. The van der Waals surface area contributed by atoms with Gasteiger partial charge in [0.15, 0.2) is 0 Å². The summed E-state index contributed by atoms with van der Waals surface area (Å²) in [4.78, 5) is 24.2. The van der Waals surface area contributed by atoms with Crippen LogP contribution in [0.1, 0.15) is 29.8 Å². The zero-order chi connectivity index (χ0) is 20.4. The molecule has 0 spiro atoms. The third-order valence-corrected chi connectivity index (χ3v) is 3.56. The van der Waals surface area contributed by atoms with Crippen molar-refractivity contribution in [2.24, 2.45) is 5.73 Å². The van der Waals surface area contributed by atoms with Crippen molar-refractivity contribution in [3.63, 3.8) is 0 Å². The van der Waals surface area contributed by atoms with Crippen LogP contribution in [0.2, 0.25) is 0 Å². The Balaban J connectivity index is 2.84. The van der Waals surface area contributed by atoms with Gasteiger partial charge in [0.05, 0.1) is 13.7 Å². The fourth-order valence-electron chi connectivity index (χ4n) is 1.98. The standard InChI is InChI=1S/C20H24N2O5/c1-20(2,21)17(19(25)27-4)22-18(24)15-11-9-14(10-12-15)7-5-6-8-16(13-23)26-3/h9-12,16-17,23H,13,21H2,1-4H3,(H,22,24). The van der Waals surface area contributed by atoms with Crippen LogP contribution in [-0.2, 0) is 14.3 Å². The van der Waals surface area contributed by atoms with Crippen molar-refractivity contribution in [2.45, 2.75) is 31.5 Å². The number of ether oxygens (including phenoxy) is 2. The molecule has 144 valence electrons. The van der Waals surface area contributed by atoms with Crippen molar-refractivity contribution in [1.29, 1.82) is 0 Å². The van der Waals surface area contributed by atoms with Crippen LogP contribution in [0.5, 0.6) is 0 Å². The Morgan fingerprint density at radius 3 is 2.33 bits per heavy atom. The average molecular weight is 372 g/mol. The van der Waals surface area contributed by atoms with Crippen molar-refractivity contribution in [3.8, 4) is 23.7 Å². The van der Waals surface area contributed by atoms with Crippen LogP contribution in [0.4, 0.5) is 0 Å². The van der Waals surface area contributed by atoms with Gasteiger partial charge < -0.3 is 25.6 Å². The smallest absolute Gasteiger partial charge is 0.330 e. The number of carbonyl (C=O) groups excluding carboxylic acids is 2. The number of nitrogens with one attached hydrogen (secondary N) is 1. The number of hydrogen-bond acceptors (Lipinski definition) is 6. The van der Waals surface area contributed by atoms with E-state index in [1.165, 1.54) is 14.2 Å². The molecule has 4 N–H and O–H groups in total. The minimum Gasteiger partial charge on any atom is -0.467 e. The summed E-state index contributed by atoms with van der Waals surface area (Å²) >= 11 is 0. The largest absolute Gasteiger partial charge is 0.467 e. The maximum absolute atomic E-state index is 12.4. The molecule has 0 radical (unpaired) electrons. The van der Waals surface area contributed by atoms with E-state index in [0.29, 0.717) is 11.1 Å². The number of methoxy groups -OCH3 is 2. The third kappa shape index (κ3) is 7.12. The molecular formula is C20H24N2O5. The first kappa shape index (κ1) is 22.2. The minimum absolute atomic E-state index is 0.207. The molecule has 0 saturated heterocycles. The van der Waals surface area contributed by atoms with E-state index >= 15 is 0 Å². The van der Waals surface area contributed by atoms with Crippen molar-refractivity contribution in [3.05, 3.63) is 35.4 Å². The number of amides is 1. The molecule has 0 aromatic heterocycles. The van der Waals surface area contributed by atoms with E-state index in [0.717, 1.165) is 0 Å². The summed E-state index contributed by atoms with van der Waals surface area (Å²) < 4.78 is 9.59. The molecule has 1 aromatic carbocycles. The fourth-order valence-corrected chi connectivity index (χ4v) is 1.98. The van der Waals surface area contributed by atoms with Crippen molar-refractivity contribution < 1.29 is 24.2 Å². The minimum atomic E-state index is -0.985. The van der Waals surface area contributed by atoms with Crippen molar-refractivity contribution in [1.82, 2.24) is 5.32 Å². The Morgan fingerprint density at radius 1 is 1.22 bits per heavy atom. The van der Waals surface area contributed by atoms with Gasteiger partial charge >= 0.3 is 5.97 Å². The molecule has 1 rings (SSSR count). The normalized spacial score (nSPS) is 12.5. The van der Waals surface area contributed by atoms with Crippen LogP contribution >= 0.6 is 0 Å². The van der Waals surface area contributed by atoms with E-state index in [9.17, 15) is 9.59 Å². The Hall–Kier alpha value is -2.84. The molecule has 7 nitrogen and oxygen atoms in total. The SMILES string of the molecule is COC(=O)C(NC(=O)c1ccc(C#CC#CC(CO)OC)cc1)C(C)(C)N. The van der Waals surface area contributed by atoms with Crippen LogP contribution in [0, 0.1) is 23.7 Å². The highest BCUT2D eigenvalue weighted by Gasteiger charge is 2.34. The number of benzene rings is 1. The molecule has 0 bridgehead atoms. The highest BCUT2D eigenvalue weighted by atomic mass is 16.5. The average Bonchev–Trinajstić information content (AvgIpc) is 2.65. The van der Waals surface area contributed by atoms with Crippen molar-refractivity contribution >= 4 is 11.9 Å². The van der Waals surface area contributed by atoms with Crippen LogP contribution in [-0.4, -0.2) is 55.5 Å². The summed E-state index contributed by atoms with van der Waals surface area (Å²) in [6.45, 7) is 3.04. The number of aliphatic hydroxyl groups is 1. The predicted octanol–water partition coefficient (Wildman–Crippen LogP) is 0.0575. The lowest BCUT2D eigenvalue weighted by Gasteiger charge is -2.28. The van der Waals surface area contributed by atoms with Gasteiger partial charge in [-0.3, -0.25) is 4.79 Å². The molecule has 0 heterocycles. The van der Waals surface area contributed by atoms with E-state index in [2.05, 4.69) is 29.0 Å². The molecule has 7 heteroatoms.